The molecule has 0 saturated carbocycles. The first kappa shape index (κ1) is 16.7. The fourth-order valence-electron chi connectivity index (χ4n) is 2.11. The zero-order valence-electron chi connectivity index (χ0n) is 11.0. The van der Waals surface area contributed by atoms with Crippen LogP contribution in [0.15, 0.2) is 24.3 Å². The first-order valence-electron chi connectivity index (χ1n) is 6.14. The number of carbonyl (C=O) groups is 1. The molecule has 1 aliphatic heterocycles. The fourth-order valence-corrected chi connectivity index (χ4v) is 2.11. The van der Waals surface area contributed by atoms with Crippen molar-refractivity contribution in [3.8, 4) is 5.75 Å². The Hall–Kier alpha value is -1.40. The molecule has 0 bridgehead atoms. The molecule has 1 aromatic rings. The summed E-state index contributed by atoms with van der Waals surface area (Å²) in [6, 6.07) is 5.99. The Bertz CT molecular complexity index is 460. The van der Waals surface area contributed by atoms with Gasteiger partial charge in [-0.05, 0) is 25.1 Å². The van der Waals surface area contributed by atoms with Crippen LogP contribution in [-0.2, 0) is 0 Å². The van der Waals surface area contributed by atoms with Crippen LogP contribution in [0.4, 0.5) is 8.78 Å². The topological polar surface area (TPSA) is 41.6 Å². The van der Waals surface area contributed by atoms with Crippen molar-refractivity contribution in [1.82, 2.24) is 10.2 Å². The predicted octanol–water partition coefficient (Wildman–Crippen LogP) is 2.14. The van der Waals surface area contributed by atoms with Gasteiger partial charge in [-0.2, -0.15) is 8.78 Å². The second-order valence-corrected chi connectivity index (χ2v) is 4.46. The van der Waals surface area contributed by atoms with Crippen LogP contribution in [0.1, 0.15) is 17.3 Å². The summed E-state index contributed by atoms with van der Waals surface area (Å²) in [4.78, 5) is 14.0. The van der Waals surface area contributed by atoms with E-state index in [0.29, 0.717) is 12.1 Å². The average Bonchev–Trinajstić information content (AvgIpc) is 2.38. The van der Waals surface area contributed by atoms with E-state index in [-0.39, 0.29) is 30.1 Å². The van der Waals surface area contributed by atoms with Crippen molar-refractivity contribution >= 4 is 18.3 Å². The number of carbonyl (C=O) groups excluding carboxylic acids is 1. The standard InChI is InChI=1S/C13H16F2N2O2.ClH/c1-9-8-16-5-6-17(9)12(18)10-3-2-4-11(7-10)19-13(14)15;/h2-4,7,9,13,16H,5-6,8H2,1H3;1H. The molecular formula is C13H17ClF2N2O2. The summed E-state index contributed by atoms with van der Waals surface area (Å²) < 4.78 is 28.6. The van der Waals surface area contributed by atoms with Gasteiger partial charge in [-0.1, -0.05) is 6.07 Å². The molecule has 1 saturated heterocycles. The summed E-state index contributed by atoms with van der Waals surface area (Å²) >= 11 is 0. The molecule has 1 aliphatic rings. The molecule has 4 nitrogen and oxygen atoms in total. The second kappa shape index (κ2) is 7.40. The number of nitrogens with one attached hydrogen (secondary N) is 1. The molecule has 2 rings (SSSR count). The summed E-state index contributed by atoms with van der Waals surface area (Å²) in [6.45, 7) is 1.15. The molecule has 1 atom stereocenters. The smallest absolute Gasteiger partial charge is 0.387 e. The van der Waals surface area contributed by atoms with Crippen LogP contribution >= 0.6 is 12.4 Å². The molecule has 0 spiro atoms. The highest BCUT2D eigenvalue weighted by molar-refractivity contribution is 5.94. The molecule has 0 aromatic heterocycles. The summed E-state index contributed by atoms with van der Waals surface area (Å²) in [5, 5.41) is 3.19. The lowest BCUT2D eigenvalue weighted by molar-refractivity contribution is -0.0499. The first-order valence-corrected chi connectivity index (χ1v) is 6.14. The van der Waals surface area contributed by atoms with Gasteiger partial charge in [-0.15, -0.1) is 12.4 Å². The van der Waals surface area contributed by atoms with Crippen molar-refractivity contribution in [3.63, 3.8) is 0 Å². The molecule has 1 unspecified atom stereocenters. The summed E-state index contributed by atoms with van der Waals surface area (Å²) in [6.07, 6.45) is 0. The zero-order valence-corrected chi connectivity index (χ0v) is 11.8. The van der Waals surface area contributed by atoms with Crippen molar-refractivity contribution in [3.05, 3.63) is 29.8 Å². The zero-order chi connectivity index (χ0) is 13.8. The van der Waals surface area contributed by atoms with Gasteiger partial charge in [0.1, 0.15) is 5.75 Å². The van der Waals surface area contributed by atoms with E-state index in [0.717, 1.165) is 13.1 Å². The van der Waals surface area contributed by atoms with Crippen LogP contribution in [0, 0.1) is 0 Å². The van der Waals surface area contributed by atoms with Gasteiger partial charge >= 0.3 is 6.61 Å². The largest absolute Gasteiger partial charge is 0.435 e. The monoisotopic (exact) mass is 306 g/mol. The van der Waals surface area contributed by atoms with Crippen LogP contribution in [0.25, 0.3) is 0 Å². The molecule has 1 N–H and O–H groups in total. The maximum absolute atomic E-state index is 12.3. The summed E-state index contributed by atoms with van der Waals surface area (Å²) in [5.41, 5.74) is 0.368. The predicted molar refractivity (Wildman–Crippen MR) is 73.7 cm³/mol. The molecule has 0 aliphatic carbocycles. The van der Waals surface area contributed by atoms with E-state index in [1.807, 2.05) is 6.92 Å². The number of amides is 1. The number of hydrogen-bond acceptors (Lipinski definition) is 3. The van der Waals surface area contributed by atoms with Crippen LogP contribution in [0.2, 0.25) is 0 Å². The summed E-state index contributed by atoms with van der Waals surface area (Å²) in [7, 11) is 0. The molecule has 1 fully saturated rings. The summed E-state index contributed by atoms with van der Waals surface area (Å²) in [5.74, 6) is -0.155. The number of rotatable bonds is 3. The first-order chi connectivity index (χ1) is 9.08. The lowest BCUT2D eigenvalue weighted by atomic mass is 10.1. The second-order valence-electron chi connectivity index (χ2n) is 4.46. The Morgan fingerprint density at radius 1 is 1.50 bits per heavy atom. The SMILES string of the molecule is CC1CNCCN1C(=O)c1cccc(OC(F)F)c1.Cl. The van der Waals surface area contributed by atoms with Gasteiger partial charge in [0, 0.05) is 31.2 Å². The minimum atomic E-state index is -2.89. The van der Waals surface area contributed by atoms with Crippen molar-refractivity contribution in [1.29, 1.82) is 0 Å². The molecule has 1 heterocycles. The highest BCUT2D eigenvalue weighted by atomic mass is 35.5. The number of hydrogen-bond donors (Lipinski definition) is 1. The Labute approximate surface area is 122 Å². The van der Waals surface area contributed by atoms with Gasteiger partial charge in [0.15, 0.2) is 0 Å². The van der Waals surface area contributed by atoms with Gasteiger partial charge in [-0.25, -0.2) is 0 Å². The third-order valence-corrected chi connectivity index (χ3v) is 3.07. The molecule has 1 aromatic carbocycles. The maximum atomic E-state index is 12.3. The van der Waals surface area contributed by atoms with Gasteiger partial charge in [0.25, 0.3) is 5.91 Å². The van der Waals surface area contributed by atoms with E-state index >= 15 is 0 Å². The molecule has 20 heavy (non-hydrogen) atoms. The number of nitrogens with zero attached hydrogens (tertiary/aromatic N) is 1. The third kappa shape index (κ3) is 4.05. The van der Waals surface area contributed by atoms with E-state index in [1.54, 1.807) is 11.0 Å². The van der Waals surface area contributed by atoms with E-state index in [1.165, 1.54) is 18.2 Å². The number of benzene rings is 1. The Kier molecular flexibility index (Phi) is 6.16. The average molecular weight is 307 g/mol. The van der Waals surface area contributed by atoms with Crippen molar-refractivity contribution in [2.24, 2.45) is 0 Å². The minimum absolute atomic E-state index is 0. The molecule has 112 valence electrons. The Morgan fingerprint density at radius 2 is 2.25 bits per heavy atom. The lowest BCUT2D eigenvalue weighted by Gasteiger charge is -2.34. The quantitative estimate of drug-likeness (QED) is 0.930. The molecule has 7 heteroatoms. The fraction of sp³-hybridized carbons (Fsp3) is 0.462. The lowest BCUT2D eigenvalue weighted by Crippen LogP contribution is -2.52. The van der Waals surface area contributed by atoms with Gasteiger partial charge in [-0.3, -0.25) is 4.79 Å². The number of halogens is 3. The molecule has 0 radical (unpaired) electrons. The van der Waals surface area contributed by atoms with Crippen molar-refractivity contribution in [2.75, 3.05) is 19.6 Å². The van der Waals surface area contributed by atoms with E-state index < -0.39 is 6.61 Å². The highest BCUT2D eigenvalue weighted by Gasteiger charge is 2.24. The number of alkyl halides is 2. The Balaban J connectivity index is 0.00000200. The molecular weight excluding hydrogens is 290 g/mol. The van der Waals surface area contributed by atoms with E-state index in [2.05, 4.69) is 10.1 Å². The van der Waals surface area contributed by atoms with Crippen molar-refractivity contribution < 1.29 is 18.3 Å². The number of piperazine rings is 1. The van der Waals surface area contributed by atoms with E-state index in [9.17, 15) is 13.6 Å². The number of ether oxygens (including phenoxy) is 1. The van der Waals surface area contributed by atoms with Gasteiger partial charge < -0.3 is 15.0 Å². The normalized spacial score (nSPS) is 18.6. The Morgan fingerprint density at radius 3 is 2.90 bits per heavy atom. The van der Waals surface area contributed by atoms with Gasteiger partial charge in [0.05, 0.1) is 0 Å². The van der Waals surface area contributed by atoms with Crippen LogP contribution < -0.4 is 10.1 Å². The molecule has 1 amide bonds. The maximum Gasteiger partial charge on any atom is 0.387 e. The highest BCUT2D eigenvalue weighted by Crippen LogP contribution is 2.18. The third-order valence-electron chi connectivity index (χ3n) is 3.07. The van der Waals surface area contributed by atoms with E-state index in [4.69, 9.17) is 0 Å². The van der Waals surface area contributed by atoms with Gasteiger partial charge in [0.2, 0.25) is 0 Å². The minimum Gasteiger partial charge on any atom is -0.435 e. The van der Waals surface area contributed by atoms with Crippen molar-refractivity contribution in [2.45, 2.75) is 19.6 Å². The van der Waals surface area contributed by atoms with Crippen LogP contribution in [-0.4, -0.2) is 43.1 Å². The van der Waals surface area contributed by atoms with Crippen LogP contribution in [0.5, 0.6) is 5.75 Å². The van der Waals surface area contributed by atoms with Crippen LogP contribution in [0.3, 0.4) is 0 Å².